The molecule has 1 aromatic rings. The van der Waals surface area contributed by atoms with E-state index in [-0.39, 0.29) is 12.6 Å². The molecule has 1 aromatic carbocycles. The summed E-state index contributed by atoms with van der Waals surface area (Å²) in [5.41, 5.74) is 1.08. The van der Waals surface area contributed by atoms with E-state index in [1.54, 1.807) is 12.1 Å². The molecule has 0 saturated carbocycles. The molecular formula is C12H19NO2. The maximum atomic E-state index is 9.31. The molecule has 0 amide bonds. The molecule has 84 valence electrons. The first-order valence-electron chi connectivity index (χ1n) is 5.37. The van der Waals surface area contributed by atoms with Crippen LogP contribution in [-0.4, -0.2) is 23.4 Å². The number of aliphatic hydroxyl groups is 1. The summed E-state index contributed by atoms with van der Waals surface area (Å²) in [6.07, 6.45) is 1.80. The Balaban J connectivity index is 2.36. The SMILES string of the molecule is CC(NCCCCO)c1cccc(O)c1. The van der Waals surface area contributed by atoms with E-state index in [1.807, 2.05) is 12.1 Å². The highest BCUT2D eigenvalue weighted by molar-refractivity contribution is 5.28. The number of phenolic OH excluding ortho intramolecular Hbond substituents is 1. The van der Waals surface area contributed by atoms with Gasteiger partial charge in [-0.25, -0.2) is 0 Å². The Morgan fingerprint density at radius 3 is 2.80 bits per heavy atom. The second-order valence-corrected chi connectivity index (χ2v) is 3.70. The summed E-state index contributed by atoms with van der Waals surface area (Å²) in [6, 6.07) is 7.50. The number of hydrogen-bond donors (Lipinski definition) is 3. The van der Waals surface area contributed by atoms with E-state index >= 15 is 0 Å². The predicted molar refractivity (Wildman–Crippen MR) is 60.8 cm³/mol. The quantitative estimate of drug-likeness (QED) is 0.626. The molecule has 0 aromatic heterocycles. The number of aromatic hydroxyl groups is 1. The number of benzene rings is 1. The van der Waals surface area contributed by atoms with Gasteiger partial charge in [0.05, 0.1) is 0 Å². The van der Waals surface area contributed by atoms with E-state index in [4.69, 9.17) is 5.11 Å². The van der Waals surface area contributed by atoms with Crippen LogP contribution in [0.5, 0.6) is 5.75 Å². The average Bonchev–Trinajstić information content (AvgIpc) is 2.24. The third kappa shape index (κ3) is 4.32. The molecule has 0 fully saturated rings. The molecular weight excluding hydrogens is 190 g/mol. The molecule has 0 aliphatic heterocycles. The smallest absolute Gasteiger partial charge is 0.115 e. The Bertz CT molecular complexity index is 289. The van der Waals surface area contributed by atoms with Crippen molar-refractivity contribution < 1.29 is 10.2 Å². The average molecular weight is 209 g/mol. The van der Waals surface area contributed by atoms with Crippen molar-refractivity contribution in [3.63, 3.8) is 0 Å². The standard InChI is InChI=1S/C12H19NO2/c1-10(13-7-2-3-8-14)11-5-4-6-12(15)9-11/h4-6,9-10,13-15H,2-3,7-8H2,1H3. The number of aliphatic hydroxyl groups excluding tert-OH is 1. The summed E-state index contributed by atoms with van der Waals surface area (Å²) in [4.78, 5) is 0. The van der Waals surface area contributed by atoms with Crippen molar-refractivity contribution in [3.05, 3.63) is 29.8 Å². The van der Waals surface area contributed by atoms with Gasteiger partial charge in [-0.2, -0.15) is 0 Å². The fourth-order valence-corrected chi connectivity index (χ4v) is 1.47. The van der Waals surface area contributed by atoms with Crippen LogP contribution >= 0.6 is 0 Å². The predicted octanol–water partition coefficient (Wildman–Crippen LogP) is 1.82. The Labute approximate surface area is 90.8 Å². The van der Waals surface area contributed by atoms with E-state index < -0.39 is 0 Å². The van der Waals surface area contributed by atoms with Gasteiger partial charge in [-0.1, -0.05) is 12.1 Å². The Kier molecular flexibility index (Phi) is 5.15. The lowest BCUT2D eigenvalue weighted by atomic mass is 10.1. The van der Waals surface area contributed by atoms with Gasteiger partial charge in [-0.15, -0.1) is 0 Å². The molecule has 0 aliphatic rings. The first-order valence-corrected chi connectivity index (χ1v) is 5.37. The summed E-state index contributed by atoms with van der Waals surface area (Å²) in [6.45, 7) is 3.20. The van der Waals surface area contributed by atoms with Crippen LogP contribution < -0.4 is 5.32 Å². The Hall–Kier alpha value is -1.06. The lowest BCUT2D eigenvalue weighted by molar-refractivity contribution is 0.283. The van der Waals surface area contributed by atoms with Crippen molar-refractivity contribution in [1.82, 2.24) is 5.32 Å². The van der Waals surface area contributed by atoms with Gasteiger partial charge in [0.25, 0.3) is 0 Å². The molecule has 1 unspecified atom stereocenters. The fourth-order valence-electron chi connectivity index (χ4n) is 1.47. The third-order valence-electron chi connectivity index (χ3n) is 2.41. The molecule has 1 rings (SSSR count). The molecule has 3 N–H and O–H groups in total. The zero-order valence-electron chi connectivity index (χ0n) is 9.11. The van der Waals surface area contributed by atoms with Crippen LogP contribution in [0.2, 0.25) is 0 Å². The molecule has 0 radical (unpaired) electrons. The number of hydrogen-bond acceptors (Lipinski definition) is 3. The summed E-state index contributed by atoms with van der Waals surface area (Å²) >= 11 is 0. The normalized spacial score (nSPS) is 12.7. The summed E-state index contributed by atoms with van der Waals surface area (Å²) in [7, 11) is 0. The van der Waals surface area contributed by atoms with Crippen LogP contribution in [0.25, 0.3) is 0 Å². The maximum absolute atomic E-state index is 9.31. The largest absolute Gasteiger partial charge is 0.508 e. The zero-order valence-corrected chi connectivity index (χ0v) is 9.11. The van der Waals surface area contributed by atoms with Gasteiger partial charge in [0, 0.05) is 12.6 Å². The summed E-state index contributed by atoms with van der Waals surface area (Å²) < 4.78 is 0. The van der Waals surface area contributed by atoms with Crippen molar-refractivity contribution in [3.8, 4) is 5.75 Å². The molecule has 0 heterocycles. The molecule has 0 bridgehead atoms. The number of nitrogens with one attached hydrogen (secondary N) is 1. The van der Waals surface area contributed by atoms with Gasteiger partial charge in [-0.3, -0.25) is 0 Å². The lowest BCUT2D eigenvalue weighted by Gasteiger charge is -2.14. The highest BCUT2D eigenvalue weighted by Gasteiger charge is 2.04. The second kappa shape index (κ2) is 6.43. The third-order valence-corrected chi connectivity index (χ3v) is 2.41. The van der Waals surface area contributed by atoms with E-state index in [9.17, 15) is 5.11 Å². The van der Waals surface area contributed by atoms with Crippen molar-refractivity contribution in [1.29, 1.82) is 0 Å². The summed E-state index contributed by atoms with van der Waals surface area (Å²) in [5, 5.41) is 21.3. The maximum Gasteiger partial charge on any atom is 0.115 e. The first kappa shape index (κ1) is 12.0. The van der Waals surface area contributed by atoms with E-state index in [1.165, 1.54) is 0 Å². The van der Waals surface area contributed by atoms with Crippen LogP contribution in [0.4, 0.5) is 0 Å². The monoisotopic (exact) mass is 209 g/mol. The summed E-state index contributed by atoms with van der Waals surface area (Å²) in [5.74, 6) is 0.302. The van der Waals surface area contributed by atoms with Crippen LogP contribution in [-0.2, 0) is 0 Å². The van der Waals surface area contributed by atoms with Gasteiger partial charge >= 0.3 is 0 Å². The number of unbranched alkanes of at least 4 members (excludes halogenated alkanes) is 1. The first-order chi connectivity index (χ1) is 7.24. The van der Waals surface area contributed by atoms with Crippen molar-refractivity contribution >= 4 is 0 Å². The highest BCUT2D eigenvalue weighted by Crippen LogP contribution is 2.17. The lowest BCUT2D eigenvalue weighted by Crippen LogP contribution is -2.19. The fraction of sp³-hybridized carbons (Fsp3) is 0.500. The van der Waals surface area contributed by atoms with E-state index in [2.05, 4.69) is 12.2 Å². The number of rotatable bonds is 6. The van der Waals surface area contributed by atoms with Crippen molar-refractivity contribution in [2.24, 2.45) is 0 Å². The van der Waals surface area contributed by atoms with Crippen LogP contribution in [0, 0.1) is 0 Å². The highest BCUT2D eigenvalue weighted by atomic mass is 16.3. The molecule has 3 nitrogen and oxygen atoms in total. The van der Waals surface area contributed by atoms with Gasteiger partial charge < -0.3 is 15.5 Å². The zero-order chi connectivity index (χ0) is 11.1. The minimum atomic E-state index is 0.232. The van der Waals surface area contributed by atoms with E-state index in [0.717, 1.165) is 24.9 Å². The molecule has 15 heavy (non-hydrogen) atoms. The van der Waals surface area contributed by atoms with Gasteiger partial charge in [0.2, 0.25) is 0 Å². The molecule has 3 heteroatoms. The minimum absolute atomic E-state index is 0.232. The van der Waals surface area contributed by atoms with Gasteiger partial charge in [0.1, 0.15) is 5.75 Å². The van der Waals surface area contributed by atoms with Crippen molar-refractivity contribution in [2.45, 2.75) is 25.8 Å². The second-order valence-electron chi connectivity index (χ2n) is 3.70. The number of phenols is 1. The molecule has 0 spiro atoms. The molecule has 0 saturated heterocycles. The van der Waals surface area contributed by atoms with Crippen LogP contribution in [0.15, 0.2) is 24.3 Å². The molecule has 1 atom stereocenters. The Morgan fingerprint density at radius 1 is 1.33 bits per heavy atom. The van der Waals surface area contributed by atoms with Crippen molar-refractivity contribution in [2.75, 3.05) is 13.2 Å². The van der Waals surface area contributed by atoms with Crippen LogP contribution in [0.3, 0.4) is 0 Å². The van der Waals surface area contributed by atoms with Gasteiger partial charge in [-0.05, 0) is 44.0 Å². The molecule has 0 aliphatic carbocycles. The minimum Gasteiger partial charge on any atom is -0.508 e. The van der Waals surface area contributed by atoms with Crippen LogP contribution in [0.1, 0.15) is 31.4 Å². The topological polar surface area (TPSA) is 52.5 Å². The van der Waals surface area contributed by atoms with Gasteiger partial charge in [0.15, 0.2) is 0 Å². The Morgan fingerprint density at radius 2 is 2.13 bits per heavy atom. The van der Waals surface area contributed by atoms with E-state index in [0.29, 0.717) is 5.75 Å².